The van der Waals surface area contributed by atoms with Crippen molar-refractivity contribution < 1.29 is 13.2 Å². The summed E-state index contributed by atoms with van der Waals surface area (Å²) in [7, 11) is -1.92. The highest BCUT2D eigenvalue weighted by Gasteiger charge is 2.28. The number of urea groups is 1. The molecule has 148 valence electrons. The van der Waals surface area contributed by atoms with Gasteiger partial charge < -0.3 is 5.32 Å². The summed E-state index contributed by atoms with van der Waals surface area (Å²) >= 11 is 1.62. The van der Waals surface area contributed by atoms with Crippen molar-refractivity contribution in [3.8, 4) is 0 Å². The molecule has 6 nitrogen and oxygen atoms in total. The average molecular weight is 426 g/mol. The zero-order valence-corrected chi connectivity index (χ0v) is 17.5. The van der Waals surface area contributed by atoms with Gasteiger partial charge in [-0.15, -0.1) is 0 Å². The Morgan fingerprint density at radius 1 is 0.931 bits per heavy atom. The molecule has 8 heteroatoms. The molecule has 0 radical (unpaired) electrons. The molecule has 1 aliphatic rings. The van der Waals surface area contributed by atoms with Gasteiger partial charge in [0.25, 0.3) is 0 Å². The lowest BCUT2D eigenvalue weighted by atomic mass is 10.2. The molecule has 1 heterocycles. The molecule has 0 bridgehead atoms. The lowest BCUT2D eigenvalue weighted by Gasteiger charge is -2.31. The van der Waals surface area contributed by atoms with Crippen LogP contribution < -0.4 is 14.5 Å². The van der Waals surface area contributed by atoms with E-state index in [1.165, 1.54) is 11.4 Å². The molecule has 29 heavy (non-hydrogen) atoms. The monoisotopic (exact) mass is 425 g/mol. The highest BCUT2D eigenvalue weighted by atomic mass is 32.2. The van der Waals surface area contributed by atoms with Crippen LogP contribution in [0.2, 0.25) is 0 Å². The molecule has 4 rings (SSSR count). The fourth-order valence-electron chi connectivity index (χ4n) is 3.07. The average Bonchev–Trinajstić information content (AvgIpc) is 2.70. The third kappa shape index (κ3) is 3.81. The Morgan fingerprint density at radius 2 is 1.52 bits per heavy atom. The second-order valence-corrected chi connectivity index (χ2v) is 9.68. The Hall–Kier alpha value is -2.97. The minimum absolute atomic E-state index is 0.315. The van der Waals surface area contributed by atoms with Crippen molar-refractivity contribution in [3.63, 3.8) is 0 Å². The molecule has 0 aliphatic carbocycles. The minimum Gasteiger partial charge on any atom is -0.307 e. The molecular weight excluding hydrogens is 406 g/mol. The molecule has 0 atom stereocenters. The van der Waals surface area contributed by atoms with Gasteiger partial charge in [-0.25, -0.2) is 13.2 Å². The number of para-hydroxylation sites is 2. The van der Waals surface area contributed by atoms with Crippen LogP contribution in [0.25, 0.3) is 0 Å². The minimum atomic E-state index is -3.39. The molecule has 0 saturated heterocycles. The highest BCUT2D eigenvalue weighted by Crippen LogP contribution is 2.48. The summed E-state index contributed by atoms with van der Waals surface area (Å²) in [5.74, 6) is 0. The predicted octanol–water partition coefficient (Wildman–Crippen LogP) is 4.92. The molecule has 0 fully saturated rings. The summed E-state index contributed by atoms with van der Waals surface area (Å²) in [6.07, 6.45) is 1.14. The number of rotatable bonds is 3. The van der Waals surface area contributed by atoms with Crippen LogP contribution in [-0.4, -0.2) is 27.8 Å². The van der Waals surface area contributed by atoms with Crippen LogP contribution in [-0.2, 0) is 10.0 Å². The Balaban J connectivity index is 1.68. The van der Waals surface area contributed by atoms with Crippen molar-refractivity contribution in [1.29, 1.82) is 0 Å². The maximum absolute atomic E-state index is 13.2. The number of hydrogen-bond donors (Lipinski definition) is 1. The number of carbonyl (C=O) groups is 1. The van der Waals surface area contributed by atoms with E-state index in [0.29, 0.717) is 11.4 Å². The van der Waals surface area contributed by atoms with Crippen molar-refractivity contribution in [2.24, 2.45) is 0 Å². The molecule has 0 saturated carbocycles. The van der Waals surface area contributed by atoms with Gasteiger partial charge in [0.05, 0.1) is 23.3 Å². The van der Waals surface area contributed by atoms with Crippen molar-refractivity contribution in [2.45, 2.75) is 9.79 Å². The van der Waals surface area contributed by atoms with Gasteiger partial charge in [0.1, 0.15) is 0 Å². The number of fused-ring (bicyclic) bond motifs is 2. The smallest absolute Gasteiger partial charge is 0.307 e. The summed E-state index contributed by atoms with van der Waals surface area (Å²) in [4.78, 5) is 16.9. The van der Waals surface area contributed by atoms with E-state index in [-0.39, 0.29) is 6.03 Å². The van der Waals surface area contributed by atoms with E-state index in [1.54, 1.807) is 40.9 Å². The molecule has 1 N–H and O–H groups in total. The van der Waals surface area contributed by atoms with E-state index in [1.807, 2.05) is 48.5 Å². The number of amides is 2. The lowest BCUT2D eigenvalue weighted by molar-refractivity contribution is 0.259. The maximum Gasteiger partial charge on any atom is 0.331 e. The van der Waals surface area contributed by atoms with Crippen LogP contribution in [0.1, 0.15) is 0 Å². The first-order chi connectivity index (χ1) is 13.8. The molecule has 3 aromatic carbocycles. The summed E-state index contributed by atoms with van der Waals surface area (Å²) in [5, 5.41) is 2.90. The molecule has 2 amide bonds. The van der Waals surface area contributed by atoms with Gasteiger partial charge in [-0.3, -0.25) is 9.21 Å². The second-order valence-electron chi connectivity index (χ2n) is 6.58. The quantitative estimate of drug-likeness (QED) is 0.647. The number of nitrogens with one attached hydrogen (secondary N) is 1. The number of nitrogens with zero attached hydrogens (tertiary/aromatic N) is 2. The number of benzene rings is 3. The van der Waals surface area contributed by atoms with Gasteiger partial charge in [0.15, 0.2) is 0 Å². The van der Waals surface area contributed by atoms with E-state index in [2.05, 4.69) is 5.32 Å². The van der Waals surface area contributed by atoms with Gasteiger partial charge in [-0.1, -0.05) is 42.1 Å². The third-order valence-corrected chi connectivity index (χ3v) is 6.93. The summed E-state index contributed by atoms with van der Waals surface area (Å²) in [6, 6.07) is 21.9. The van der Waals surface area contributed by atoms with Crippen LogP contribution in [0.4, 0.5) is 27.5 Å². The lowest BCUT2D eigenvalue weighted by Crippen LogP contribution is -2.32. The molecule has 0 unspecified atom stereocenters. The molecule has 3 aromatic rings. The first-order valence-electron chi connectivity index (χ1n) is 8.85. The second kappa shape index (κ2) is 7.46. The van der Waals surface area contributed by atoms with Crippen LogP contribution in [0, 0.1) is 0 Å². The molecule has 0 spiro atoms. The van der Waals surface area contributed by atoms with E-state index in [0.717, 1.165) is 27.4 Å². The van der Waals surface area contributed by atoms with Crippen LogP contribution in [0.5, 0.6) is 0 Å². The highest BCUT2D eigenvalue weighted by molar-refractivity contribution is 7.99. The molecule has 0 aromatic heterocycles. The van der Waals surface area contributed by atoms with Gasteiger partial charge in [-0.2, -0.15) is 0 Å². The number of hydrogen-bond acceptors (Lipinski definition) is 4. The first-order valence-corrected chi connectivity index (χ1v) is 11.5. The van der Waals surface area contributed by atoms with Gasteiger partial charge in [0.2, 0.25) is 10.0 Å². The third-order valence-electron chi connectivity index (χ3n) is 4.59. The van der Waals surface area contributed by atoms with Crippen molar-refractivity contribution >= 4 is 50.6 Å². The Morgan fingerprint density at radius 3 is 2.10 bits per heavy atom. The van der Waals surface area contributed by atoms with Crippen LogP contribution >= 0.6 is 11.8 Å². The summed E-state index contributed by atoms with van der Waals surface area (Å²) < 4.78 is 24.8. The van der Waals surface area contributed by atoms with Gasteiger partial charge in [-0.05, 0) is 42.5 Å². The summed E-state index contributed by atoms with van der Waals surface area (Å²) in [6.45, 7) is 0. The number of sulfonamides is 1. The molecule has 1 aliphatic heterocycles. The standard InChI is InChI=1S/C21H19N3O3S2/c1-23(29(2,26)27)16-9-7-8-15(14-16)22-21(25)24-17-10-3-5-12-19(17)28-20-13-6-4-11-18(20)24/h3-14H,1-2H3,(H,22,25). The Bertz CT molecular complexity index is 1150. The van der Waals surface area contributed by atoms with E-state index >= 15 is 0 Å². The largest absolute Gasteiger partial charge is 0.331 e. The fraction of sp³-hybridized carbons (Fsp3) is 0.0952. The van der Waals surface area contributed by atoms with Crippen LogP contribution in [0.3, 0.4) is 0 Å². The number of carbonyl (C=O) groups excluding carboxylic acids is 1. The van der Waals surface area contributed by atoms with Crippen molar-refractivity contribution in [3.05, 3.63) is 72.8 Å². The van der Waals surface area contributed by atoms with Gasteiger partial charge in [0, 0.05) is 22.5 Å². The first kappa shape index (κ1) is 19.4. The van der Waals surface area contributed by atoms with E-state index in [9.17, 15) is 13.2 Å². The Kier molecular flexibility index (Phi) is 4.97. The van der Waals surface area contributed by atoms with Crippen molar-refractivity contribution in [1.82, 2.24) is 0 Å². The van der Waals surface area contributed by atoms with Gasteiger partial charge >= 0.3 is 6.03 Å². The predicted molar refractivity (Wildman–Crippen MR) is 118 cm³/mol. The summed E-state index contributed by atoms with van der Waals surface area (Å²) in [5.41, 5.74) is 2.59. The maximum atomic E-state index is 13.2. The van der Waals surface area contributed by atoms with E-state index < -0.39 is 10.0 Å². The Labute approximate surface area is 174 Å². The SMILES string of the molecule is CN(c1cccc(NC(=O)N2c3ccccc3Sc3ccccc32)c1)S(C)(=O)=O. The molecular formula is C21H19N3O3S2. The zero-order chi connectivity index (χ0) is 20.6. The normalized spacial score (nSPS) is 12.7. The topological polar surface area (TPSA) is 69.7 Å². The van der Waals surface area contributed by atoms with Crippen molar-refractivity contribution in [2.75, 3.05) is 27.8 Å². The zero-order valence-electron chi connectivity index (χ0n) is 15.9. The fourth-order valence-corrected chi connectivity index (χ4v) is 4.63. The van der Waals surface area contributed by atoms with E-state index in [4.69, 9.17) is 0 Å². The van der Waals surface area contributed by atoms with Crippen LogP contribution in [0.15, 0.2) is 82.6 Å². The number of anilines is 4.